The molecule has 4 heteroatoms. The molecule has 0 N–H and O–H groups in total. The van der Waals surface area contributed by atoms with Crippen molar-refractivity contribution in [2.24, 2.45) is 5.11 Å². The minimum absolute atomic E-state index is 0.0307. The van der Waals surface area contributed by atoms with Crippen LogP contribution in [0.1, 0.15) is 11.6 Å². The van der Waals surface area contributed by atoms with Gasteiger partial charge in [0.1, 0.15) is 0 Å². The summed E-state index contributed by atoms with van der Waals surface area (Å²) in [6.45, 7) is 0. The number of benzene rings is 1. The number of hydrogen-bond acceptors (Lipinski definition) is 1. The molecule has 0 fully saturated rings. The highest BCUT2D eigenvalue weighted by atomic mass is 127. The molecular weight excluding hydrogens is 265 g/mol. The molecule has 0 aliphatic rings. The molecule has 1 atom stereocenters. The summed E-state index contributed by atoms with van der Waals surface area (Å²) >= 11 is 2.21. The number of hydrogen-bond donors (Lipinski definition) is 0. The van der Waals surface area contributed by atoms with Gasteiger partial charge in [-0.25, -0.2) is 0 Å². The number of azide groups is 1. The van der Waals surface area contributed by atoms with Gasteiger partial charge in [-0.2, -0.15) is 0 Å². The van der Waals surface area contributed by atoms with Gasteiger partial charge in [0.25, 0.3) is 0 Å². The molecule has 12 heavy (non-hydrogen) atoms. The SMILES string of the molecule is [N-]=[N+]=NC(CI)c1ccccc1. The van der Waals surface area contributed by atoms with E-state index >= 15 is 0 Å². The van der Waals surface area contributed by atoms with Gasteiger partial charge in [-0.3, -0.25) is 0 Å². The molecule has 62 valence electrons. The molecule has 1 aromatic carbocycles. The second kappa shape index (κ2) is 5.00. The van der Waals surface area contributed by atoms with Gasteiger partial charge in [0.15, 0.2) is 0 Å². The fourth-order valence-electron chi connectivity index (χ4n) is 0.924. The molecule has 1 rings (SSSR count). The van der Waals surface area contributed by atoms with Crippen molar-refractivity contribution in [2.45, 2.75) is 6.04 Å². The normalized spacial score (nSPS) is 11.8. The first kappa shape index (κ1) is 9.35. The van der Waals surface area contributed by atoms with E-state index in [1.54, 1.807) is 0 Å². The smallest absolute Gasteiger partial charge is 0.0714 e. The van der Waals surface area contributed by atoms with Crippen LogP contribution in [-0.4, -0.2) is 4.43 Å². The molecule has 0 heterocycles. The fourth-order valence-corrected chi connectivity index (χ4v) is 1.61. The summed E-state index contributed by atoms with van der Waals surface area (Å²) in [5.74, 6) is 0. The van der Waals surface area contributed by atoms with Gasteiger partial charge in [-0.15, -0.1) is 0 Å². The van der Waals surface area contributed by atoms with Crippen LogP contribution in [0.25, 0.3) is 10.4 Å². The van der Waals surface area contributed by atoms with Crippen molar-refractivity contribution in [3.63, 3.8) is 0 Å². The second-order valence-corrected chi connectivity index (χ2v) is 3.17. The van der Waals surface area contributed by atoms with E-state index in [4.69, 9.17) is 5.53 Å². The third-order valence-corrected chi connectivity index (χ3v) is 2.36. The van der Waals surface area contributed by atoms with Gasteiger partial charge in [0, 0.05) is 9.34 Å². The van der Waals surface area contributed by atoms with Crippen LogP contribution >= 0.6 is 22.6 Å². The summed E-state index contributed by atoms with van der Waals surface area (Å²) in [6.07, 6.45) is 0. The molecule has 0 aliphatic heterocycles. The summed E-state index contributed by atoms with van der Waals surface area (Å²) < 4.78 is 0.811. The number of rotatable bonds is 3. The van der Waals surface area contributed by atoms with E-state index in [1.807, 2.05) is 30.3 Å². The van der Waals surface area contributed by atoms with Crippen LogP contribution in [0.15, 0.2) is 35.4 Å². The molecule has 0 spiro atoms. The molecule has 0 aliphatic carbocycles. The lowest BCUT2D eigenvalue weighted by atomic mass is 10.1. The Balaban J connectivity index is 2.87. The maximum atomic E-state index is 8.28. The van der Waals surface area contributed by atoms with E-state index in [1.165, 1.54) is 0 Å². The van der Waals surface area contributed by atoms with Crippen molar-refractivity contribution in [1.82, 2.24) is 0 Å². The summed E-state index contributed by atoms with van der Waals surface area (Å²) in [4.78, 5) is 2.80. The monoisotopic (exact) mass is 273 g/mol. The summed E-state index contributed by atoms with van der Waals surface area (Å²) in [5, 5.41) is 3.69. The maximum absolute atomic E-state index is 8.28. The predicted molar refractivity (Wildman–Crippen MR) is 57.2 cm³/mol. The van der Waals surface area contributed by atoms with Gasteiger partial charge >= 0.3 is 0 Å². The zero-order chi connectivity index (χ0) is 8.81. The molecular formula is C8H8IN3. The van der Waals surface area contributed by atoms with Crippen molar-refractivity contribution in [3.8, 4) is 0 Å². The molecule has 0 bridgehead atoms. The van der Waals surface area contributed by atoms with Crippen LogP contribution in [0.5, 0.6) is 0 Å². The van der Waals surface area contributed by atoms with Crippen LogP contribution < -0.4 is 0 Å². The van der Waals surface area contributed by atoms with Gasteiger partial charge in [-0.1, -0.05) is 58.0 Å². The Bertz CT molecular complexity index is 280. The standard InChI is InChI=1S/C8H8IN3/c9-6-8(11-12-10)7-4-2-1-3-5-7/h1-5,8H,6H2. The quantitative estimate of drug-likeness (QED) is 0.266. The molecule has 1 unspecified atom stereocenters. The highest BCUT2D eigenvalue weighted by molar-refractivity contribution is 14.1. The van der Waals surface area contributed by atoms with E-state index in [2.05, 4.69) is 32.6 Å². The van der Waals surface area contributed by atoms with Crippen LogP contribution in [-0.2, 0) is 0 Å². The summed E-state index contributed by atoms with van der Waals surface area (Å²) in [6, 6.07) is 9.75. The van der Waals surface area contributed by atoms with E-state index < -0.39 is 0 Å². The van der Waals surface area contributed by atoms with Crippen molar-refractivity contribution in [3.05, 3.63) is 46.3 Å². The van der Waals surface area contributed by atoms with Gasteiger partial charge in [-0.05, 0) is 11.1 Å². The van der Waals surface area contributed by atoms with Crippen molar-refractivity contribution in [1.29, 1.82) is 0 Å². The Kier molecular flexibility index (Phi) is 3.90. The number of alkyl halides is 1. The van der Waals surface area contributed by atoms with Crippen molar-refractivity contribution in [2.75, 3.05) is 4.43 Å². The second-order valence-electron chi connectivity index (χ2n) is 2.29. The first-order chi connectivity index (χ1) is 5.88. The lowest BCUT2D eigenvalue weighted by Gasteiger charge is -2.05. The maximum Gasteiger partial charge on any atom is 0.0714 e. The number of halogens is 1. The summed E-state index contributed by atoms with van der Waals surface area (Å²) in [7, 11) is 0. The number of nitrogens with zero attached hydrogens (tertiary/aromatic N) is 3. The topological polar surface area (TPSA) is 48.8 Å². The largest absolute Gasteiger partial charge is 0.0856 e. The van der Waals surface area contributed by atoms with Gasteiger partial charge in [0.05, 0.1) is 6.04 Å². The van der Waals surface area contributed by atoms with E-state index in [9.17, 15) is 0 Å². The molecule has 3 nitrogen and oxygen atoms in total. The average molecular weight is 273 g/mol. The molecule has 1 aromatic rings. The highest BCUT2D eigenvalue weighted by Crippen LogP contribution is 2.19. The fraction of sp³-hybridized carbons (Fsp3) is 0.250. The minimum Gasteiger partial charge on any atom is -0.0856 e. The van der Waals surface area contributed by atoms with Gasteiger partial charge in [0.2, 0.25) is 0 Å². The third kappa shape index (κ3) is 2.39. The lowest BCUT2D eigenvalue weighted by molar-refractivity contribution is 0.833. The first-order valence-corrected chi connectivity index (χ1v) is 5.06. The van der Waals surface area contributed by atoms with E-state index in [-0.39, 0.29) is 6.04 Å². The van der Waals surface area contributed by atoms with Crippen LogP contribution in [0.2, 0.25) is 0 Å². The zero-order valence-electron chi connectivity index (χ0n) is 6.39. The van der Waals surface area contributed by atoms with E-state index in [0.717, 1.165) is 9.99 Å². The Morgan fingerprint density at radius 1 is 1.42 bits per heavy atom. The van der Waals surface area contributed by atoms with Crippen LogP contribution in [0, 0.1) is 0 Å². The zero-order valence-corrected chi connectivity index (χ0v) is 8.55. The molecule has 0 aromatic heterocycles. The van der Waals surface area contributed by atoms with Crippen LogP contribution in [0.3, 0.4) is 0 Å². The first-order valence-electron chi connectivity index (χ1n) is 3.53. The third-order valence-electron chi connectivity index (χ3n) is 1.52. The lowest BCUT2D eigenvalue weighted by Crippen LogP contribution is -1.94. The van der Waals surface area contributed by atoms with Crippen LogP contribution in [0.4, 0.5) is 0 Å². The Morgan fingerprint density at radius 3 is 2.58 bits per heavy atom. The van der Waals surface area contributed by atoms with Gasteiger partial charge < -0.3 is 0 Å². The Labute approximate surface area is 84.6 Å². The van der Waals surface area contributed by atoms with Crippen molar-refractivity contribution >= 4 is 22.6 Å². The summed E-state index contributed by atoms with van der Waals surface area (Å²) in [5.41, 5.74) is 9.36. The minimum atomic E-state index is -0.0307. The highest BCUT2D eigenvalue weighted by Gasteiger charge is 2.05. The van der Waals surface area contributed by atoms with Crippen molar-refractivity contribution < 1.29 is 0 Å². The molecule has 0 radical (unpaired) electrons. The molecule has 0 saturated carbocycles. The Morgan fingerprint density at radius 2 is 2.08 bits per heavy atom. The molecule has 0 amide bonds. The van der Waals surface area contributed by atoms with E-state index in [0.29, 0.717) is 0 Å². The predicted octanol–water partition coefficient (Wildman–Crippen LogP) is 3.47. The molecule has 0 saturated heterocycles. The average Bonchev–Trinajstić information content (AvgIpc) is 2.15. The Hall–Kier alpha value is -0.740.